The molecule has 0 amide bonds. The number of aromatic nitrogens is 1. The highest BCUT2D eigenvalue weighted by molar-refractivity contribution is 7.94. The van der Waals surface area contributed by atoms with Gasteiger partial charge < -0.3 is 8.92 Å². The molecule has 1 atom stereocenters. The number of anilines is 1. The van der Waals surface area contributed by atoms with Crippen molar-refractivity contribution in [1.29, 1.82) is 0 Å². The Kier molecular flexibility index (Phi) is 8.05. The predicted molar refractivity (Wildman–Crippen MR) is 90.1 cm³/mol. The van der Waals surface area contributed by atoms with E-state index >= 15 is 0 Å². The number of hydrogen-bond donors (Lipinski definition) is 0. The molecule has 2 heterocycles. The van der Waals surface area contributed by atoms with Crippen LogP contribution in [0.1, 0.15) is 27.2 Å². The van der Waals surface area contributed by atoms with E-state index in [1.807, 2.05) is 13.8 Å². The van der Waals surface area contributed by atoms with Crippen molar-refractivity contribution >= 4 is 41.3 Å². The summed E-state index contributed by atoms with van der Waals surface area (Å²) in [4.78, 5) is 16.2. The number of pyridine rings is 1. The summed E-state index contributed by atoms with van der Waals surface area (Å²) in [6.07, 6.45) is 3.69. The summed E-state index contributed by atoms with van der Waals surface area (Å²) in [5.74, 6) is 0.474. The Bertz CT molecular complexity index is 528. The van der Waals surface area contributed by atoms with Gasteiger partial charge in [-0.25, -0.2) is 14.8 Å². The number of hydrazone groups is 1. The summed E-state index contributed by atoms with van der Waals surface area (Å²) in [6.45, 7) is 6.06. The van der Waals surface area contributed by atoms with Gasteiger partial charge >= 0.3 is 5.97 Å². The molecule has 0 aliphatic carbocycles. The van der Waals surface area contributed by atoms with E-state index < -0.39 is 6.04 Å². The molecule has 1 aromatic rings. The molecule has 0 fully saturated rings. The smallest absolute Gasteiger partial charge is 0.331 e. The van der Waals surface area contributed by atoms with Gasteiger partial charge in [0.25, 0.3) is 0 Å². The standard InChI is InChI=1S/C12H14ClN3O3S.C2H6/c1-3-18-12(17)9-7-10(19-20-2)15-16(9)11-8(13)5-4-6-14-11;1-2/h4-6,9H,3,7H2,1-2H3;1-2H3. The van der Waals surface area contributed by atoms with Crippen LogP contribution in [-0.2, 0) is 13.7 Å². The first-order chi connectivity index (χ1) is 10.7. The normalized spacial score (nSPS) is 16.5. The Morgan fingerprint density at radius 2 is 2.27 bits per heavy atom. The molecule has 122 valence electrons. The highest BCUT2D eigenvalue weighted by Crippen LogP contribution is 2.30. The van der Waals surface area contributed by atoms with E-state index in [2.05, 4.69) is 10.1 Å². The van der Waals surface area contributed by atoms with Crippen molar-refractivity contribution in [3.8, 4) is 0 Å². The zero-order chi connectivity index (χ0) is 16.5. The lowest BCUT2D eigenvalue weighted by molar-refractivity contribution is -0.144. The second-order valence-electron chi connectivity index (χ2n) is 3.87. The van der Waals surface area contributed by atoms with Gasteiger partial charge in [-0.3, -0.25) is 0 Å². The molecular formula is C14H20ClN3O3S. The van der Waals surface area contributed by atoms with E-state index in [0.717, 1.165) is 12.0 Å². The van der Waals surface area contributed by atoms with Crippen molar-refractivity contribution in [1.82, 2.24) is 4.98 Å². The van der Waals surface area contributed by atoms with Crippen LogP contribution in [0.25, 0.3) is 0 Å². The largest absolute Gasteiger partial charge is 0.464 e. The highest BCUT2D eigenvalue weighted by atomic mass is 35.5. The van der Waals surface area contributed by atoms with Crippen LogP contribution in [0.5, 0.6) is 0 Å². The maximum Gasteiger partial charge on any atom is 0.331 e. The van der Waals surface area contributed by atoms with Gasteiger partial charge in [-0.2, -0.15) is 0 Å². The molecule has 1 aromatic heterocycles. The van der Waals surface area contributed by atoms with Crippen molar-refractivity contribution < 1.29 is 13.7 Å². The molecule has 0 radical (unpaired) electrons. The van der Waals surface area contributed by atoms with Crippen molar-refractivity contribution in [2.45, 2.75) is 33.2 Å². The fraction of sp³-hybridized carbons (Fsp3) is 0.500. The van der Waals surface area contributed by atoms with Crippen LogP contribution >= 0.6 is 23.6 Å². The highest BCUT2D eigenvalue weighted by Gasteiger charge is 2.37. The Hall–Kier alpha value is -1.47. The fourth-order valence-electron chi connectivity index (χ4n) is 1.79. The molecule has 0 aromatic carbocycles. The number of ether oxygens (including phenoxy) is 1. The predicted octanol–water partition coefficient (Wildman–Crippen LogP) is 3.51. The number of rotatable bonds is 4. The molecule has 0 saturated heterocycles. The molecule has 6 nitrogen and oxygen atoms in total. The summed E-state index contributed by atoms with van der Waals surface area (Å²) >= 11 is 7.27. The molecule has 1 aliphatic rings. The number of halogens is 1. The van der Waals surface area contributed by atoms with Crippen molar-refractivity contribution in [3.63, 3.8) is 0 Å². The molecule has 0 bridgehead atoms. The summed E-state index contributed by atoms with van der Waals surface area (Å²) in [6, 6.07) is 2.80. The van der Waals surface area contributed by atoms with E-state index in [0.29, 0.717) is 29.8 Å². The second-order valence-corrected chi connectivity index (χ2v) is 4.78. The molecule has 22 heavy (non-hydrogen) atoms. The minimum Gasteiger partial charge on any atom is -0.464 e. The number of hydrogen-bond acceptors (Lipinski definition) is 7. The third-order valence-corrected chi connectivity index (χ3v) is 3.23. The van der Waals surface area contributed by atoms with Crippen LogP contribution in [0.2, 0.25) is 5.02 Å². The molecule has 1 unspecified atom stereocenters. The average Bonchev–Trinajstić information content (AvgIpc) is 2.94. The second kappa shape index (κ2) is 9.53. The van der Waals surface area contributed by atoms with E-state index in [4.69, 9.17) is 20.5 Å². The van der Waals surface area contributed by atoms with E-state index in [1.165, 1.54) is 5.01 Å². The number of carbonyl (C=O) groups excluding carboxylic acids is 1. The summed E-state index contributed by atoms with van der Waals surface area (Å²) in [5.41, 5.74) is 0. The Morgan fingerprint density at radius 3 is 2.86 bits per heavy atom. The average molecular weight is 346 g/mol. The molecule has 2 rings (SSSR count). The van der Waals surface area contributed by atoms with Crippen molar-refractivity contribution in [3.05, 3.63) is 23.4 Å². The lowest BCUT2D eigenvalue weighted by Crippen LogP contribution is -2.36. The monoisotopic (exact) mass is 345 g/mol. The molecule has 0 spiro atoms. The molecule has 0 N–H and O–H groups in total. The number of carbonyl (C=O) groups is 1. The maximum atomic E-state index is 12.0. The zero-order valence-electron chi connectivity index (χ0n) is 13.1. The van der Waals surface area contributed by atoms with Crippen LogP contribution < -0.4 is 5.01 Å². The van der Waals surface area contributed by atoms with E-state index in [-0.39, 0.29) is 5.97 Å². The number of esters is 1. The van der Waals surface area contributed by atoms with Gasteiger partial charge in [0.05, 0.1) is 30.1 Å². The van der Waals surface area contributed by atoms with Crippen LogP contribution in [0.4, 0.5) is 5.82 Å². The Morgan fingerprint density at radius 1 is 1.55 bits per heavy atom. The lowest BCUT2D eigenvalue weighted by Gasteiger charge is -2.20. The number of nitrogens with zero attached hydrogens (tertiary/aromatic N) is 3. The molecule has 1 aliphatic heterocycles. The van der Waals surface area contributed by atoms with Gasteiger partial charge in [0.15, 0.2) is 11.9 Å². The van der Waals surface area contributed by atoms with Gasteiger partial charge in [0, 0.05) is 12.5 Å². The summed E-state index contributed by atoms with van der Waals surface area (Å²) in [7, 11) is 0. The Balaban J connectivity index is 0.00000116. The molecule has 8 heteroatoms. The van der Waals surface area contributed by atoms with Crippen LogP contribution in [0.15, 0.2) is 23.4 Å². The Labute approximate surface area is 140 Å². The van der Waals surface area contributed by atoms with Crippen LogP contribution in [0.3, 0.4) is 0 Å². The minimum atomic E-state index is -0.607. The SMILES string of the molecule is CC.CCOC(=O)C1CC(OSC)=NN1c1ncccc1Cl. The van der Waals surface area contributed by atoms with Gasteiger partial charge in [0.2, 0.25) is 5.90 Å². The first-order valence-electron chi connectivity index (χ1n) is 7.02. The zero-order valence-corrected chi connectivity index (χ0v) is 14.6. The van der Waals surface area contributed by atoms with Gasteiger partial charge in [-0.1, -0.05) is 25.4 Å². The molecular weight excluding hydrogens is 326 g/mol. The maximum absolute atomic E-state index is 12.0. The lowest BCUT2D eigenvalue weighted by atomic mass is 10.2. The minimum absolute atomic E-state index is 0.303. The van der Waals surface area contributed by atoms with Gasteiger partial charge in [-0.05, 0) is 19.1 Å². The van der Waals surface area contributed by atoms with Crippen molar-refractivity contribution in [2.75, 3.05) is 17.9 Å². The van der Waals surface area contributed by atoms with Crippen molar-refractivity contribution in [2.24, 2.45) is 5.10 Å². The van der Waals surface area contributed by atoms with Crippen LogP contribution in [-0.4, -0.2) is 35.8 Å². The third kappa shape index (κ3) is 4.51. The summed E-state index contributed by atoms with van der Waals surface area (Å²) < 4.78 is 10.4. The van der Waals surface area contributed by atoms with E-state index in [1.54, 1.807) is 31.5 Å². The fourth-order valence-corrected chi connectivity index (χ4v) is 2.29. The quantitative estimate of drug-likeness (QED) is 0.614. The summed E-state index contributed by atoms with van der Waals surface area (Å²) in [5, 5.41) is 6.12. The van der Waals surface area contributed by atoms with Gasteiger partial charge in [-0.15, -0.1) is 5.10 Å². The first-order valence-corrected chi connectivity index (χ1v) is 8.54. The molecule has 0 saturated carbocycles. The topological polar surface area (TPSA) is 64.0 Å². The first kappa shape index (κ1) is 18.6. The van der Waals surface area contributed by atoms with Gasteiger partial charge in [0.1, 0.15) is 0 Å². The van der Waals surface area contributed by atoms with Crippen LogP contribution in [0, 0.1) is 0 Å². The van der Waals surface area contributed by atoms with E-state index in [9.17, 15) is 4.79 Å². The third-order valence-electron chi connectivity index (χ3n) is 2.58.